The van der Waals surface area contributed by atoms with E-state index in [1.54, 1.807) is 7.11 Å². The van der Waals surface area contributed by atoms with Gasteiger partial charge in [0.2, 0.25) is 0 Å². The van der Waals surface area contributed by atoms with Gasteiger partial charge >= 0.3 is 0 Å². The molecule has 0 fully saturated rings. The lowest BCUT2D eigenvalue weighted by atomic mass is 9.89. The summed E-state index contributed by atoms with van der Waals surface area (Å²) in [4.78, 5) is 4.64. The minimum Gasteiger partial charge on any atom is -0.385 e. The molecule has 0 N–H and O–H groups in total. The minimum atomic E-state index is -0.160. The third-order valence-corrected chi connectivity index (χ3v) is 4.18. The van der Waals surface area contributed by atoms with E-state index in [0.717, 1.165) is 36.4 Å². The van der Waals surface area contributed by atoms with Crippen molar-refractivity contribution in [3.05, 3.63) is 29.0 Å². The number of methoxy groups -OCH3 is 1. The van der Waals surface area contributed by atoms with E-state index in [9.17, 15) is 0 Å². The Balaban J connectivity index is 2.46. The van der Waals surface area contributed by atoms with Gasteiger partial charge in [-0.25, -0.2) is 4.98 Å². The molecule has 1 unspecified atom stereocenters. The van der Waals surface area contributed by atoms with Crippen molar-refractivity contribution in [2.45, 2.75) is 39.1 Å². The molecule has 1 atom stereocenters. The molecule has 2 rings (SSSR count). The van der Waals surface area contributed by atoms with Crippen LogP contribution in [0.1, 0.15) is 38.4 Å². The average Bonchev–Trinajstić information content (AvgIpc) is 2.77. The SMILES string of the molecule is COCCC(C)(C)Cn1c(C(C)Cl)nc2c(Cl)cccc21. The Bertz CT molecular complexity index is 620. The highest BCUT2D eigenvalue weighted by atomic mass is 35.5. The Labute approximate surface area is 136 Å². The molecule has 1 aromatic carbocycles. The van der Waals surface area contributed by atoms with E-state index in [4.69, 9.17) is 27.9 Å². The lowest BCUT2D eigenvalue weighted by Gasteiger charge is -2.26. The van der Waals surface area contributed by atoms with Gasteiger partial charge in [0.1, 0.15) is 11.3 Å². The summed E-state index contributed by atoms with van der Waals surface area (Å²) in [6.45, 7) is 7.97. The first kappa shape index (κ1) is 16.6. The molecule has 0 aliphatic carbocycles. The normalized spacial score (nSPS) is 13.8. The number of fused-ring (bicyclic) bond motifs is 1. The van der Waals surface area contributed by atoms with Gasteiger partial charge in [0.15, 0.2) is 0 Å². The Morgan fingerprint density at radius 3 is 2.71 bits per heavy atom. The van der Waals surface area contributed by atoms with Crippen molar-refractivity contribution >= 4 is 34.2 Å². The van der Waals surface area contributed by atoms with Gasteiger partial charge in [0.05, 0.1) is 15.9 Å². The predicted octanol–water partition coefficient (Wildman–Crippen LogP) is 5.05. The highest BCUT2D eigenvalue weighted by Gasteiger charge is 2.24. The lowest BCUT2D eigenvalue weighted by molar-refractivity contribution is 0.142. The van der Waals surface area contributed by atoms with Crippen molar-refractivity contribution in [3.63, 3.8) is 0 Å². The molecule has 3 nitrogen and oxygen atoms in total. The van der Waals surface area contributed by atoms with Gasteiger partial charge in [-0.3, -0.25) is 0 Å². The van der Waals surface area contributed by atoms with Crippen molar-refractivity contribution in [3.8, 4) is 0 Å². The second-order valence-electron chi connectivity index (χ2n) is 6.19. The molecule has 116 valence electrons. The van der Waals surface area contributed by atoms with Gasteiger partial charge < -0.3 is 9.30 Å². The maximum atomic E-state index is 6.31. The smallest absolute Gasteiger partial charge is 0.127 e. The summed E-state index contributed by atoms with van der Waals surface area (Å²) in [7, 11) is 1.73. The third-order valence-electron chi connectivity index (χ3n) is 3.68. The number of rotatable bonds is 6. The fraction of sp³-hybridized carbons (Fsp3) is 0.562. The zero-order valence-electron chi connectivity index (χ0n) is 13.0. The monoisotopic (exact) mass is 328 g/mol. The van der Waals surface area contributed by atoms with Crippen LogP contribution in [-0.4, -0.2) is 23.3 Å². The van der Waals surface area contributed by atoms with Crippen LogP contribution in [0, 0.1) is 5.41 Å². The summed E-state index contributed by atoms with van der Waals surface area (Å²) < 4.78 is 7.40. The predicted molar refractivity (Wildman–Crippen MR) is 89.3 cm³/mol. The molecule has 1 heterocycles. The van der Waals surface area contributed by atoms with Crippen LogP contribution in [0.3, 0.4) is 0 Å². The number of para-hydroxylation sites is 1. The number of imidazole rings is 1. The lowest BCUT2D eigenvalue weighted by Crippen LogP contribution is -2.23. The number of alkyl halides is 1. The number of nitrogens with zero attached hydrogens (tertiary/aromatic N) is 2. The Kier molecular flexibility index (Phi) is 5.18. The molecule has 0 saturated carbocycles. The van der Waals surface area contributed by atoms with Crippen LogP contribution in [0.4, 0.5) is 0 Å². The van der Waals surface area contributed by atoms with Gasteiger partial charge in [-0.1, -0.05) is 31.5 Å². The molecule has 0 radical (unpaired) electrons. The van der Waals surface area contributed by atoms with Crippen LogP contribution in [0.5, 0.6) is 0 Å². The number of aromatic nitrogens is 2. The topological polar surface area (TPSA) is 27.1 Å². The van der Waals surface area contributed by atoms with Gasteiger partial charge in [-0.2, -0.15) is 0 Å². The van der Waals surface area contributed by atoms with E-state index >= 15 is 0 Å². The zero-order valence-corrected chi connectivity index (χ0v) is 14.5. The summed E-state index contributed by atoms with van der Waals surface area (Å²) in [6, 6.07) is 5.86. The molecule has 0 aliphatic rings. The fourth-order valence-corrected chi connectivity index (χ4v) is 2.86. The standard InChI is InChI=1S/C16H22Cl2N2O/c1-11(17)15-19-14-12(18)6-5-7-13(14)20(15)10-16(2,3)8-9-21-4/h5-7,11H,8-10H2,1-4H3. The quantitative estimate of drug-likeness (QED) is 0.693. The number of halogens is 2. The van der Waals surface area contributed by atoms with Gasteiger partial charge in [0.25, 0.3) is 0 Å². The summed E-state index contributed by atoms with van der Waals surface area (Å²) in [5.41, 5.74) is 1.95. The van der Waals surface area contributed by atoms with Crippen LogP contribution in [0.2, 0.25) is 5.02 Å². The summed E-state index contributed by atoms with van der Waals surface area (Å²) in [5, 5.41) is 0.506. The van der Waals surface area contributed by atoms with Crippen LogP contribution >= 0.6 is 23.2 Å². The van der Waals surface area contributed by atoms with E-state index in [-0.39, 0.29) is 10.8 Å². The number of hydrogen-bond acceptors (Lipinski definition) is 2. The second-order valence-corrected chi connectivity index (χ2v) is 7.25. The van der Waals surface area contributed by atoms with E-state index < -0.39 is 0 Å². The van der Waals surface area contributed by atoms with Crippen molar-refractivity contribution in [1.82, 2.24) is 9.55 Å². The van der Waals surface area contributed by atoms with Crippen molar-refractivity contribution in [2.24, 2.45) is 5.41 Å². The molecule has 1 aromatic heterocycles. The van der Waals surface area contributed by atoms with Crippen molar-refractivity contribution in [1.29, 1.82) is 0 Å². The Morgan fingerprint density at radius 1 is 1.38 bits per heavy atom. The maximum absolute atomic E-state index is 6.31. The van der Waals surface area contributed by atoms with Crippen LogP contribution < -0.4 is 0 Å². The van der Waals surface area contributed by atoms with E-state index in [0.29, 0.717) is 5.02 Å². The number of benzene rings is 1. The molecule has 0 amide bonds. The van der Waals surface area contributed by atoms with Crippen LogP contribution in [0.25, 0.3) is 11.0 Å². The van der Waals surface area contributed by atoms with Crippen LogP contribution in [-0.2, 0) is 11.3 Å². The fourth-order valence-electron chi connectivity index (χ4n) is 2.49. The number of ether oxygens (including phenoxy) is 1. The largest absolute Gasteiger partial charge is 0.385 e. The van der Waals surface area contributed by atoms with Gasteiger partial charge in [-0.15, -0.1) is 11.6 Å². The highest BCUT2D eigenvalue weighted by Crippen LogP contribution is 2.32. The molecule has 0 aliphatic heterocycles. The summed E-state index contributed by atoms with van der Waals surface area (Å²) >= 11 is 12.6. The first-order chi connectivity index (χ1) is 9.85. The van der Waals surface area contributed by atoms with Gasteiger partial charge in [0, 0.05) is 20.3 Å². The van der Waals surface area contributed by atoms with Gasteiger partial charge in [-0.05, 0) is 30.9 Å². The molecule has 0 saturated heterocycles. The highest BCUT2D eigenvalue weighted by molar-refractivity contribution is 6.35. The van der Waals surface area contributed by atoms with E-state index in [2.05, 4.69) is 23.4 Å². The average molecular weight is 329 g/mol. The molecular formula is C16H22Cl2N2O. The summed E-state index contributed by atoms with van der Waals surface area (Å²) in [5.74, 6) is 0.866. The van der Waals surface area contributed by atoms with Crippen molar-refractivity contribution < 1.29 is 4.74 Å². The Morgan fingerprint density at radius 2 is 2.10 bits per heavy atom. The molecule has 0 spiro atoms. The minimum absolute atomic E-state index is 0.0898. The molecule has 21 heavy (non-hydrogen) atoms. The number of hydrogen-bond donors (Lipinski definition) is 0. The zero-order chi connectivity index (χ0) is 15.6. The first-order valence-corrected chi connectivity index (χ1v) is 7.95. The van der Waals surface area contributed by atoms with Crippen molar-refractivity contribution in [2.75, 3.05) is 13.7 Å². The van der Waals surface area contributed by atoms with Crippen LogP contribution in [0.15, 0.2) is 18.2 Å². The third kappa shape index (κ3) is 3.71. The summed E-state index contributed by atoms with van der Waals surface area (Å²) in [6.07, 6.45) is 0.972. The van der Waals surface area contributed by atoms with E-state index in [1.807, 2.05) is 25.1 Å². The molecule has 5 heteroatoms. The Hall–Kier alpha value is -0.770. The molecule has 2 aromatic rings. The second kappa shape index (κ2) is 6.55. The molecular weight excluding hydrogens is 307 g/mol. The molecule has 0 bridgehead atoms. The van der Waals surface area contributed by atoms with E-state index in [1.165, 1.54) is 0 Å². The first-order valence-electron chi connectivity index (χ1n) is 7.13. The maximum Gasteiger partial charge on any atom is 0.127 e.